The minimum Gasteiger partial charge on any atom is -0.352 e. The van der Waals surface area contributed by atoms with E-state index in [2.05, 4.69) is 60.8 Å². The van der Waals surface area contributed by atoms with Gasteiger partial charge in [-0.1, -0.05) is 30.3 Å². The smallest absolute Gasteiger partial charge is 0.191 e. The van der Waals surface area contributed by atoms with E-state index in [9.17, 15) is 0 Å². The van der Waals surface area contributed by atoms with Crippen LogP contribution in [-0.2, 0) is 19.6 Å². The van der Waals surface area contributed by atoms with Gasteiger partial charge in [0.05, 0.1) is 0 Å². The van der Waals surface area contributed by atoms with Gasteiger partial charge in [-0.3, -0.25) is 14.5 Å². The Morgan fingerprint density at radius 1 is 0.967 bits per heavy atom. The van der Waals surface area contributed by atoms with E-state index in [4.69, 9.17) is 0 Å². The minimum absolute atomic E-state index is 0.658. The number of nitrogens with one attached hydrogen (secondary N) is 2. The molecular weight excluding hydrogens is 374 g/mol. The molecule has 0 saturated carbocycles. The topological polar surface area (TPSA) is 70.4 Å². The molecule has 2 N–H and O–H groups in total. The van der Waals surface area contributed by atoms with Gasteiger partial charge in [0.25, 0.3) is 0 Å². The van der Waals surface area contributed by atoms with Gasteiger partial charge >= 0.3 is 0 Å². The molecule has 1 aliphatic rings. The van der Waals surface area contributed by atoms with Gasteiger partial charge in [0.15, 0.2) is 5.96 Å². The second-order valence-corrected chi connectivity index (χ2v) is 7.57. The Bertz CT molecular complexity index is 925. The third kappa shape index (κ3) is 5.45. The molecule has 156 valence electrons. The van der Waals surface area contributed by atoms with Crippen LogP contribution in [0.1, 0.15) is 29.5 Å². The summed E-state index contributed by atoms with van der Waals surface area (Å²) in [5, 5.41) is 6.72. The van der Waals surface area contributed by atoms with Crippen molar-refractivity contribution in [3.8, 4) is 5.82 Å². The van der Waals surface area contributed by atoms with Crippen LogP contribution in [0.15, 0.2) is 66.3 Å². The van der Waals surface area contributed by atoms with Crippen LogP contribution < -0.4 is 10.6 Å². The zero-order valence-corrected chi connectivity index (χ0v) is 17.5. The number of hydrogen-bond acceptors (Lipinski definition) is 4. The van der Waals surface area contributed by atoms with E-state index in [0.717, 1.165) is 30.4 Å². The number of rotatable bonds is 7. The third-order valence-corrected chi connectivity index (χ3v) is 5.35. The number of guanidine groups is 1. The molecule has 1 fully saturated rings. The van der Waals surface area contributed by atoms with Crippen molar-refractivity contribution >= 4 is 5.96 Å². The normalized spacial score (nSPS) is 14.8. The summed E-state index contributed by atoms with van der Waals surface area (Å²) in [5.41, 5.74) is 3.72. The molecule has 0 spiro atoms. The van der Waals surface area contributed by atoms with Crippen LogP contribution >= 0.6 is 0 Å². The summed E-state index contributed by atoms with van der Waals surface area (Å²) < 4.78 is 1.88. The summed E-state index contributed by atoms with van der Waals surface area (Å²) in [7, 11) is 1.79. The first-order chi connectivity index (χ1) is 14.8. The van der Waals surface area contributed by atoms with E-state index in [0.29, 0.717) is 6.54 Å². The quantitative estimate of drug-likeness (QED) is 0.469. The van der Waals surface area contributed by atoms with E-state index in [1.54, 1.807) is 19.6 Å². The van der Waals surface area contributed by atoms with E-state index in [-0.39, 0.29) is 0 Å². The fourth-order valence-corrected chi connectivity index (χ4v) is 3.62. The first-order valence-corrected chi connectivity index (χ1v) is 10.5. The van der Waals surface area contributed by atoms with Crippen LogP contribution in [0.25, 0.3) is 5.82 Å². The molecule has 1 aromatic carbocycles. The SMILES string of the molecule is CN=C(NCc1ccc(CN2CCCC2)cc1)NCc1ccc(-n2ccnc2)nc1. The van der Waals surface area contributed by atoms with Crippen LogP contribution in [0.4, 0.5) is 0 Å². The molecular formula is C23H29N7. The summed E-state index contributed by atoms with van der Waals surface area (Å²) in [5.74, 6) is 1.63. The summed E-state index contributed by atoms with van der Waals surface area (Å²) in [6.07, 6.45) is 9.90. The fourth-order valence-electron chi connectivity index (χ4n) is 3.62. The Kier molecular flexibility index (Phi) is 6.72. The van der Waals surface area contributed by atoms with Crippen molar-refractivity contribution in [2.24, 2.45) is 4.99 Å². The number of pyridine rings is 1. The molecule has 0 amide bonds. The number of nitrogens with zero attached hydrogens (tertiary/aromatic N) is 5. The molecule has 3 heterocycles. The third-order valence-electron chi connectivity index (χ3n) is 5.35. The minimum atomic E-state index is 0.658. The zero-order valence-electron chi connectivity index (χ0n) is 17.5. The predicted octanol–water partition coefficient (Wildman–Crippen LogP) is 2.73. The highest BCUT2D eigenvalue weighted by Gasteiger charge is 2.11. The van der Waals surface area contributed by atoms with Gasteiger partial charge in [-0.05, 0) is 48.7 Å². The standard InChI is InChI=1S/C23H29N7/c1-24-23(28-16-21-8-9-22(26-15-21)30-13-10-25-18-30)27-14-19-4-6-20(7-5-19)17-29-11-2-3-12-29/h4-10,13,15,18H,2-3,11-12,14,16-17H2,1H3,(H2,24,27,28). The maximum absolute atomic E-state index is 4.48. The molecule has 30 heavy (non-hydrogen) atoms. The van der Waals surface area contributed by atoms with E-state index in [1.807, 2.05) is 23.0 Å². The number of imidazole rings is 1. The maximum Gasteiger partial charge on any atom is 0.191 e. The molecule has 0 radical (unpaired) electrons. The van der Waals surface area contributed by atoms with Gasteiger partial charge in [-0.2, -0.15) is 0 Å². The first kappa shape index (κ1) is 20.1. The largest absolute Gasteiger partial charge is 0.352 e. The molecule has 7 heteroatoms. The lowest BCUT2D eigenvalue weighted by molar-refractivity contribution is 0.331. The average molecular weight is 404 g/mol. The van der Waals surface area contributed by atoms with Gasteiger partial charge in [0.1, 0.15) is 12.1 Å². The Morgan fingerprint density at radius 3 is 2.30 bits per heavy atom. The Balaban J connectivity index is 1.23. The van der Waals surface area contributed by atoms with Crippen molar-refractivity contribution in [2.75, 3.05) is 20.1 Å². The first-order valence-electron chi connectivity index (χ1n) is 10.5. The second kappa shape index (κ2) is 10.0. The van der Waals surface area contributed by atoms with Gasteiger partial charge < -0.3 is 10.6 Å². The number of aromatic nitrogens is 3. The number of likely N-dealkylation sites (tertiary alicyclic amines) is 1. The van der Waals surface area contributed by atoms with Crippen LogP contribution in [-0.4, -0.2) is 45.5 Å². The van der Waals surface area contributed by atoms with E-state index >= 15 is 0 Å². The average Bonchev–Trinajstić information content (AvgIpc) is 3.50. The van der Waals surface area contributed by atoms with Crippen molar-refractivity contribution < 1.29 is 0 Å². The van der Waals surface area contributed by atoms with E-state index < -0.39 is 0 Å². The molecule has 0 atom stereocenters. The highest BCUT2D eigenvalue weighted by atomic mass is 15.2. The summed E-state index contributed by atoms with van der Waals surface area (Å²) in [6.45, 7) is 4.91. The van der Waals surface area contributed by atoms with Crippen molar-refractivity contribution in [2.45, 2.75) is 32.5 Å². The van der Waals surface area contributed by atoms with Gasteiger partial charge in [0, 0.05) is 45.3 Å². The van der Waals surface area contributed by atoms with Crippen LogP contribution in [0.5, 0.6) is 0 Å². The van der Waals surface area contributed by atoms with E-state index in [1.165, 1.54) is 37.1 Å². The Hall–Kier alpha value is -3.19. The Labute approximate surface area is 177 Å². The molecule has 4 rings (SSSR count). The molecule has 1 aliphatic heterocycles. The monoisotopic (exact) mass is 403 g/mol. The van der Waals surface area contributed by atoms with Crippen LogP contribution in [0.3, 0.4) is 0 Å². The molecule has 0 bridgehead atoms. The molecule has 7 nitrogen and oxygen atoms in total. The van der Waals surface area contributed by atoms with Crippen molar-refractivity contribution in [3.05, 3.63) is 78.0 Å². The summed E-state index contributed by atoms with van der Waals surface area (Å²) in [6, 6.07) is 12.9. The molecule has 3 aromatic rings. The summed E-state index contributed by atoms with van der Waals surface area (Å²) in [4.78, 5) is 15.4. The van der Waals surface area contributed by atoms with Crippen LogP contribution in [0, 0.1) is 0 Å². The lowest BCUT2D eigenvalue weighted by Gasteiger charge is -2.15. The summed E-state index contributed by atoms with van der Waals surface area (Å²) >= 11 is 0. The number of aliphatic imine (C=N–C) groups is 1. The van der Waals surface area contributed by atoms with Gasteiger partial charge in [-0.25, -0.2) is 9.97 Å². The van der Waals surface area contributed by atoms with Gasteiger partial charge in [0.2, 0.25) is 0 Å². The highest BCUT2D eigenvalue weighted by Crippen LogP contribution is 2.13. The molecule has 1 saturated heterocycles. The Morgan fingerprint density at radius 2 is 1.67 bits per heavy atom. The second-order valence-electron chi connectivity index (χ2n) is 7.57. The lowest BCUT2D eigenvalue weighted by atomic mass is 10.1. The lowest BCUT2D eigenvalue weighted by Crippen LogP contribution is -2.36. The van der Waals surface area contributed by atoms with Gasteiger partial charge in [-0.15, -0.1) is 0 Å². The maximum atomic E-state index is 4.48. The number of benzene rings is 1. The molecule has 2 aromatic heterocycles. The zero-order chi connectivity index (χ0) is 20.6. The predicted molar refractivity (Wildman–Crippen MR) is 119 cm³/mol. The van der Waals surface area contributed by atoms with Crippen molar-refractivity contribution in [1.29, 1.82) is 0 Å². The number of hydrogen-bond donors (Lipinski definition) is 2. The highest BCUT2D eigenvalue weighted by molar-refractivity contribution is 5.79. The molecule has 0 unspecified atom stereocenters. The fraction of sp³-hybridized carbons (Fsp3) is 0.348. The van der Waals surface area contributed by atoms with Crippen LogP contribution in [0.2, 0.25) is 0 Å². The molecule has 0 aliphatic carbocycles. The van der Waals surface area contributed by atoms with Crippen molar-refractivity contribution in [1.82, 2.24) is 30.1 Å². The van der Waals surface area contributed by atoms with Crippen molar-refractivity contribution in [3.63, 3.8) is 0 Å².